The number of nitrogen functional groups attached to an aromatic ring is 1. The van der Waals surface area contributed by atoms with Crippen LogP contribution in [0.15, 0.2) is 0 Å². The van der Waals surface area contributed by atoms with Gasteiger partial charge in [-0.2, -0.15) is 4.37 Å². The maximum atomic E-state index is 13.6. The lowest BCUT2D eigenvalue weighted by Gasteiger charge is -2.37. The number of amides is 3. The molecule has 2 saturated carbocycles. The smallest absolute Gasteiger partial charge is 0.270 e. The number of nitrogens with two attached hydrogens (primary N) is 2. The fraction of sp³-hybridized carbons (Fsp3) is 0.714. The van der Waals surface area contributed by atoms with Crippen molar-refractivity contribution in [2.75, 3.05) is 5.73 Å². The van der Waals surface area contributed by atoms with Crippen molar-refractivity contribution in [3.05, 3.63) is 10.6 Å². The van der Waals surface area contributed by atoms with Crippen molar-refractivity contribution in [3.8, 4) is 0 Å². The van der Waals surface area contributed by atoms with E-state index in [4.69, 9.17) is 11.5 Å². The largest absolute Gasteiger partial charge is 0.395 e. The lowest BCUT2D eigenvalue weighted by Crippen LogP contribution is -2.55. The summed E-state index contributed by atoms with van der Waals surface area (Å²) in [7, 11) is 0. The van der Waals surface area contributed by atoms with Crippen molar-refractivity contribution in [1.82, 2.24) is 14.6 Å². The summed E-state index contributed by atoms with van der Waals surface area (Å²) in [6.07, 6.45) is 8.56. The van der Waals surface area contributed by atoms with Crippen molar-refractivity contribution >= 4 is 34.9 Å². The Morgan fingerprint density at radius 3 is 2.27 bits per heavy atom. The van der Waals surface area contributed by atoms with E-state index < -0.39 is 11.9 Å². The molecule has 2 aliphatic carbocycles. The SMILES string of the molecule is CC(C)CC(C(=O)NC1CCCC1)N(C(=O)c1snc(C(N)=O)c1N)C1CCCC1. The summed E-state index contributed by atoms with van der Waals surface area (Å²) in [6, 6.07) is -0.406. The predicted molar refractivity (Wildman–Crippen MR) is 117 cm³/mol. The Hall–Kier alpha value is -2.16. The molecule has 166 valence electrons. The number of hydrogen-bond acceptors (Lipinski definition) is 6. The molecule has 1 aromatic heterocycles. The van der Waals surface area contributed by atoms with Gasteiger partial charge in [0.1, 0.15) is 10.9 Å². The third kappa shape index (κ3) is 4.94. The molecule has 3 amide bonds. The van der Waals surface area contributed by atoms with E-state index in [0.717, 1.165) is 62.9 Å². The van der Waals surface area contributed by atoms with Gasteiger partial charge in [-0.05, 0) is 49.6 Å². The highest BCUT2D eigenvalue weighted by Gasteiger charge is 2.39. The fourth-order valence-corrected chi connectivity index (χ4v) is 5.40. The molecule has 30 heavy (non-hydrogen) atoms. The Bertz CT molecular complexity index is 782. The predicted octanol–water partition coefficient (Wildman–Crippen LogP) is 2.68. The third-order valence-electron chi connectivity index (χ3n) is 6.14. The number of primary amides is 1. The highest BCUT2D eigenvalue weighted by molar-refractivity contribution is 7.09. The molecule has 5 N–H and O–H groups in total. The number of carbonyl (C=O) groups excluding carboxylic acids is 3. The molecule has 0 spiro atoms. The molecule has 0 aliphatic heterocycles. The number of nitrogens with one attached hydrogen (secondary N) is 1. The van der Waals surface area contributed by atoms with E-state index in [1.54, 1.807) is 4.90 Å². The summed E-state index contributed by atoms with van der Waals surface area (Å²) in [5, 5.41) is 3.18. The van der Waals surface area contributed by atoms with Crippen molar-refractivity contribution in [1.29, 1.82) is 0 Å². The van der Waals surface area contributed by atoms with E-state index in [9.17, 15) is 14.4 Å². The van der Waals surface area contributed by atoms with Crippen molar-refractivity contribution in [2.24, 2.45) is 11.7 Å². The van der Waals surface area contributed by atoms with E-state index >= 15 is 0 Å². The first-order valence-electron chi connectivity index (χ1n) is 11.0. The summed E-state index contributed by atoms with van der Waals surface area (Å²) >= 11 is 0.882. The monoisotopic (exact) mass is 435 g/mol. The number of nitrogens with zero attached hydrogens (tertiary/aromatic N) is 2. The molecule has 1 atom stereocenters. The van der Waals surface area contributed by atoms with Crippen LogP contribution >= 0.6 is 11.5 Å². The van der Waals surface area contributed by atoms with Crippen LogP contribution in [0.4, 0.5) is 5.69 Å². The molecular formula is C21H33N5O3S. The second-order valence-electron chi connectivity index (χ2n) is 8.92. The number of carbonyl (C=O) groups is 3. The lowest BCUT2D eigenvalue weighted by molar-refractivity contribution is -0.127. The molecule has 0 bridgehead atoms. The van der Waals surface area contributed by atoms with E-state index in [0.29, 0.717) is 6.42 Å². The van der Waals surface area contributed by atoms with E-state index in [1.165, 1.54) is 0 Å². The third-order valence-corrected chi connectivity index (χ3v) is 6.99. The van der Waals surface area contributed by atoms with Gasteiger partial charge in [0, 0.05) is 12.1 Å². The summed E-state index contributed by atoms with van der Waals surface area (Å²) < 4.78 is 3.99. The Morgan fingerprint density at radius 1 is 1.13 bits per heavy atom. The summed E-state index contributed by atoms with van der Waals surface area (Å²) in [5.74, 6) is -0.931. The maximum absolute atomic E-state index is 13.6. The molecule has 2 aliphatic rings. The van der Waals surface area contributed by atoms with Crippen LogP contribution in [0, 0.1) is 5.92 Å². The van der Waals surface area contributed by atoms with Crippen LogP contribution in [0.3, 0.4) is 0 Å². The average Bonchev–Trinajstić information content (AvgIpc) is 3.42. The van der Waals surface area contributed by atoms with Gasteiger partial charge in [-0.15, -0.1) is 0 Å². The zero-order valence-corrected chi connectivity index (χ0v) is 18.7. The molecular weight excluding hydrogens is 402 g/mol. The van der Waals surface area contributed by atoms with Gasteiger partial charge in [-0.1, -0.05) is 39.5 Å². The molecule has 1 aromatic rings. The molecule has 1 heterocycles. The van der Waals surface area contributed by atoms with Gasteiger partial charge in [0.25, 0.3) is 11.8 Å². The Morgan fingerprint density at radius 2 is 1.73 bits per heavy atom. The first kappa shape index (κ1) is 22.5. The molecule has 9 heteroatoms. The second-order valence-corrected chi connectivity index (χ2v) is 9.70. The van der Waals surface area contributed by atoms with Crippen molar-refractivity contribution < 1.29 is 14.4 Å². The Balaban J connectivity index is 1.93. The Kier molecular flexibility index (Phi) is 7.33. The highest BCUT2D eigenvalue weighted by atomic mass is 32.1. The topological polar surface area (TPSA) is 131 Å². The summed E-state index contributed by atoms with van der Waals surface area (Å²) in [4.78, 5) is 40.5. The van der Waals surface area contributed by atoms with Crippen LogP contribution < -0.4 is 16.8 Å². The van der Waals surface area contributed by atoms with Gasteiger partial charge < -0.3 is 21.7 Å². The van der Waals surface area contributed by atoms with Crippen molar-refractivity contribution in [3.63, 3.8) is 0 Å². The molecule has 2 fully saturated rings. The quantitative estimate of drug-likeness (QED) is 0.578. The van der Waals surface area contributed by atoms with Gasteiger partial charge in [-0.25, -0.2) is 0 Å². The number of anilines is 1. The highest BCUT2D eigenvalue weighted by Crippen LogP contribution is 2.32. The standard InChI is InChI=1S/C21H33N5O3S/c1-12(2)11-15(20(28)24-13-7-3-4-8-13)26(14-9-5-6-10-14)21(29)18-16(22)17(19(23)27)25-30-18/h12-15H,3-11,22H2,1-2H3,(H2,23,27)(H,24,28). The van der Waals surface area contributed by atoms with Crippen LogP contribution in [-0.2, 0) is 4.79 Å². The average molecular weight is 436 g/mol. The minimum atomic E-state index is -0.757. The second kappa shape index (κ2) is 9.76. The van der Waals surface area contributed by atoms with Gasteiger partial charge in [0.05, 0.1) is 5.69 Å². The van der Waals surface area contributed by atoms with Crippen LogP contribution in [0.25, 0.3) is 0 Å². The molecule has 0 radical (unpaired) electrons. The van der Waals surface area contributed by atoms with Gasteiger partial charge in [0.2, 0.25) is 5.91 Å². The molecule has 0 saturated heterocycles. The number of aromatic nitrogens is 1. The molecule has 8 nitrogen and oxygen atoms in total. The van der Waals surface area contributed by atoms with Crippen LogP contribution in [0.2, 0.25) is 0 Å². The fourth-order valence-electron chi connectivity index (χ4n) is 4.65. The normalized spacial score (nSPS) is 18.6. The van der Waals surface area contributed by atoms with Crippen LogP contribution in [-0.4, -0.2) is 45.1 Å². The van der Waals surface area contributed by atoms with Crippen molar-refractivity contribution in [2.45, 2.75) is 89.8 Å². The van der Waals surface area contributed by atoms with Gasteiger partial charge in [0.15, 0.2) is 5.69 Å². The first-order valence-corrected chi connectivity index (χ1v) is 11.7. The Labute approximate surface area is 181 Å². The molecule has 1 unspecified atom stereocenters. The zero-order valence-electron chi connectivity index (χ0n) is 17.9. The maximum Gasteiger partial charge on any atom is 0.270 e. The van der Waals surface area contributed by atoms with Gasteiger partial charge >= 0.3 is 0 Å². The van der Waals surface area contributed by atoms with Crippen LogP contribution in [0.5, 0.6) is 0 Å². The molecule has 3 rings (SSSR count). The minimum Gasteiger partial charge on any atom is -0.395 e. The number of rotatable bonds is 8. The zero-order chi connectivity index (χ0) is 21.8. The summed E-state index contributed by atoms with van der Waals surface area (Å²) in [5.41, 5.74) is 11.3. The minimum absolute atomic E-state index is 0.0139. The van der Waals surface area contributed by atoms with E-state index in [2.05, 4.69) is 23.5 Å². The first-order chi connectivity index (χ1) is 14.3. The van der Waals surface area contributed by atoms with E-state index in [1.807, 2.05) is 0 Å². The van der Waals surface area contributed by atoms with Crippen LogP contribution in [0.1, 0.15) is 91.8 Å². The van der Waals surface area contributed by atoms with Gasteiger partial charge in [-0.3, -0.25) is 14.4 Å². The van der Waals surface area contributed by atoms with E-state index in [-0.39, 0.29) is 46.1 Å². The number of hydrogen-bond donors (Lipinski definition) is 3. The molecule has 0 aromatic carbocycles. The summed E-state index contributed by atoms with van der Waals surface area (Å²) in [6.45, 7) is 4.11. The lowest BCUT2D eigenvalue weighted by atomic mass is 9.98.